The number of carbonyl (C=O) groups is 1. The van der Waals surface area contributed by atoms with Crippen molar-refractivity contribution in [2.75, 3.05) is 18.0 Å². The van der Waals surface area contributed by atoms with Crippen molar-refractivity contribution in [3.63, 3.8) is 0 Å². The van der Waals surface area contributed by atoms with E-state index in [0.29, 0.717) is 10.6 Å². The number of rotatable bonds is 2. The molecule has 0 aromatic heterocycles. The smallest absolute Gasteiger partial charge is 0.250 e. The fraction of sp³-hybridized carbons (Fsp3) is 0.417. The Morgan fingerprint density at radius 1 is 1.47 bits per heavy atom. The van der Waals surface area contributed by atoms with Crippen molar-refractivity contribution in [3.8, 4) is 0 Å². The van der Waals surface area contributed by atoms with E-state index >= 15 is 0 Å². The SMILES string of the molecule is NC(=O)c1cc(Cl)ccc1N1CCCC(N)C1. The van der Waals surface area contributed by atoms with Crippen LogP contribution in [-0.2, 0) is 0 Å². The molecular formula is C12H16ClN3O. The van der Waals surface area contributed by atoms with Gasteiger partial charge in [0.15, 0.2) is 0 Å². The summed E-state index contributed by atoms with van der Waals surface area (Å²) in [6, 6.07) is 5.36. The molecule has 1 aliphatic heterocycles. The average Bonchev–Trinajstić information content (AvgIpc) is 2.28. The van der Waals surface area contributed by atoms with Gasteiger partial charge in [0.05, 0.1) is 5.56 Å². The lowest BCUT2D eigenvalue weighted by atomic mass is 10.0. The first-order valence-corrected chi connectivity index (χ1v) is 6.05. The second-order valence-corrected chi connectivity index (χ2v) is 4.81. The molecule has 5 heteroatoms. The monoisotopic (exact) mass is 253 g/mol. The van der Waals surface area contributed by atoms with Crippen LogP contribution in [0, 0.1) is 0 Å². The summed E-state index contributed by atoms with van der Waals surface area (Å²) >= 11 is 5.88. The van der Waals surface area contributed by atoms with Crippen LogP contribution >= 0.6 is 11.6 Å². The molecule has 1 aromatic carbocycles. The molecular weight excluding hydrogens is 238 g/mol. The maximum absolute atomic E-state index is 11.4. The van der Waals surface area contributed by atoms with E-state index in [1.807, 2.05) is 6.07 Å². The quantitative estimate of drug-likeness (QED) is 0.836. The molecule has 4 nitrogen and oxygen atoms in total. The molecule has 1 aromatic rings. The molecule has 0 saturated carbocycles. The minimum absolute atomic E-state index is 0.153. The lowest BCUT2D eigenvalue weighted by Gasteiger charge is -2.33. The normalized spacial score (nSPS) is 20.4. The number of nitrogens with two attached hydrogens (primary N) is 2. The van der Waals surface area contributed by atoms with E-state index in [0.717, 1.165) is 31.6 Å². The van der Waals surface area contributed by atoms with Crippen LogP contribution < -0.4 is 16.4 Å². The molecule has 0 spiro atoms. The Bertz CT molecular complexity index is 436. The summed E-state index contributed by atoms with van der Waals surface area (Å²) in [5.41, 5.74) is 12.6. The molecule has 1 saturated heterocycles. The number of benzene rings is 1. The Balaban J connectivity index is 2.33. The van der Waals surface area contributed by atoms with E-state index in [2.05, 4.69) is 4.90 Å². The van der Waals surface area contributed by atoms with Gasteiger partial charge in [0, 0.05) is 29.8 Å². The highest BCUT2D eigenvalue weighted by molar-refractivity contribution is 6.31. The number of amides is 1. The van der Waals surface area contributed by atoms with Gasteiger partial charge >= 0.3 is 0 Å². The Kier molecular flexibility index (Phi) is 3.54. The van der Waals surface area contributed by atoms with Gasteiger partial charge < -0.3 is 16.4 Å². The van der Waals surface area contributed by atoms with Gasteiger partial charge in [0.1, 0.15) is 0 Å². The highest BCUT2D eigenvalue weighted by atomic mass is 35.5. The molecule has 0 bridgehead atoms. The highest BCUT2D eigenvalue weighted by Gasteiger charge is 2.20. The Hall–Kier alpha value is -1.26. The van der Waals surface area contributed by atoms with Crippen molar-refractivity contribution >= 4 is 23.2 Å². The number of carbonyl (C=O) groups excluding carboxylic acids is 1. The zero-order valence-electron chi connectivity index (χ0n) is 9.53. The van der Waals surface area contributed by atoms with Crippen LogP contribution in [0.25, 0.3) is 0 Å². The van der Waals surface area contributed by atoms with Crippen LogP contribution in [0.3, 0.4) is 0 Å². The molecule has 1 aliphatic rings. The summed E-state index contributed by atoms with van der Waals surface area (Å²) in [6.07, 6.45) is 2.05. The summed E-state index contributed by atoms with van der Waals surface area (Å²) in [7, 11) is 0. The zero-order chi connectivity index (χ0) is 12.4. The Morgan fingerprint density at radius 2 is 2.24 bits per heavy atom. The van der Waals surface area contributed by atoms with E-state index in [4.69, 9.17) is 23.1 Å². The summed E-state index contributed by atoms with van der Waals surface area (Å²) in [4.78, 5) is 13.5. The first-order chi connectivity index (χ1) is 8.08. The number of halogens is 1. The van der Waals surface area contributed by atoms with Gasteiger partial charge in [-0.3, -0.25) is 4.79 Å². The summed E-state index contributed by atoms with van der Waals surface area (Å²) in [6.45, 7) is 1.65. The molecule has 1 unspecified atom stereocenters. The van der Waals surface area contributed by atoms with E-state index in [1.165, 1.54) is 0 Å². The van der Waals surface area contributed by atoms with Crippen LogP contribution in [0.5, 0.6) is 0 Å². The van der Waals surface area contributed by atoms with Crippen LogP contribution in [0.15, 0.2) is 18.2 Å². The summed E-state index contributed by atoms with van der Waals surface area (Å²) in [5, 5.41) is 0.517. The van der Waals surface area contributed by atoms with E-state index in [9.17, 15) is 4.79 Å². The maximum atomic E-state index is 11.4. The Morgan fingerprint density at radius 3 is 2.88 bits per heavy atom. The number of hydrogen-bond acceptors (Lipinski definition) is 3. The third-order valence-electron chi connectivity index (χ3n) is 3.02. The molecule has 92 valence electrons. The van der Waals surface area contributed by atoms with Gasteiger partial charge in [-0.05, 0) is 31.0 Å². The minimum atomic E-state index is -0.457. The average molecular weight is 254 g/mol. The zero-order valence-corrected chi connectivity index (χ0v) is 10.3. The van der Waals surface area contributed by atoms with E-state index in [1.54, 1.807) is 12.1 Å². The first-order valence-electron chi connectivity index (χ1n) is 5.68. The first kappa shape index (κ1) is 12.2. The second-order valence-electron chi connectivity index (χ2n) is 4.37. The van der Waals surface area contributed by atoms with Crippen molar-refractivity contribution in [2.24, 2.45) is 11.5 Å². The number of primary amides is 1. The number of piperidine rings is 1. The molecule has 17 heavy (non-hydrogen) atoms. The number of hydrogen-bond donors (Lipinski definition) is 2. The molecule has 1 fully saturated rings. The second kappa shape index (κ2) is 4.94. The lowest BCUT2D eigenvalue weighted by molar-refractivity contribution is 0.100. The predicted molar refractivity (Wildman–Crippen MR) is 69.4 cm³/mol. The largest absolute Gasteiger partial charge is 0.369 e. The summed E-state index contributed by atoms with van der Waals surface area (Å²) in [5.74, 6) is -0.457. The number of anilines is 1. The fourth-order valence-electron chi connectivity index (χ4n) is 2.21. The van der Waals surface area contributed by atoms with Gasteiger partial charge in [-0.1, -0.05) is 11.6 Å². The molecule has 1 amide bonds. The molecule has 0 aliphatic carbocycles. The van der Waals surface area contributed by atoms with Crippen molar-refractivity contribution < 1.29 is 4.79 Å². The van der Waals surface area contributed by atoms with Gasteiger partial charge in [-0.25, -0.2) is 0 Å². The molecule has 1 atom stereocenters. The third-order valence-corrected chi connectivity index (χ3v) is 3.26. The topological polar surface area (TPSA) is 72.4 Å². The fourth-order valence-corrected chi connectivity index (χ4v) is 2.38. The van der Waals surface area contributed by atoms with Gasteiger partial charge in [-0.15, -0.1) is 0 Å². The highest BCUT2D eigenvalue weighted by Crippen LogP contribution is 2.26. The minimum Gasteiger partial charge on any atom is -0.369 e. The van der Waals surface area contributed by atoms with Crippen LogP contribution in [0.1, 0.15) is 23.2 Å². The molecule has 2 rings (SSSR count). The molecule has 4 N–H and O–H groups in total. The van der Waals surface area contributed by atoms with E-state index in [-0.39, 0.29) is 6.04 Å². The van der Waals surface area contributed by atoms with E-state index < -0.39 is 5.91 Å². The van der Waals surface area contributed by atoms with Gasteiger partial charge in [0.25, 0.3) is 5.91 Å². The van der Waals surface area contributed by atoms with Crippen molar-refractivity contribution in [2.45, 2.75) is 18.9 Å². The Labute approximate surface area is 106 Å². The summed E-state index contributed by atoms with van der Waals surface area (Å²) < 4.78 is 0. The third kappa shape index (κ3) is 2.70. The van der Waals surface area contributed by atoms with Crippen LogP contribution in [0.4, 0.5) is 5.69 Å². The van der Waals surface area contributed by atoms with Gasteiger partial charge in [-0.2, -0.15) is 0 Å². The molecule has 1 heterocycles. The molecule has 0 radical (unpaired) electrons. The van der Waals surface area contributed by atoms with Crippen molar-refractivity contribution in [1.82, 2.24) is 0 Å². The number of nitrogens with zero attached hydrogens (tertiary/aromatic N) is 1. The van der Waals surface area contributed by atoms with Crippen molar-refractivity contribution in [1.29, 1.82) is 0 Å². The standard InChI is InChI=1S/C12H16ClN3O/c13-8-3-4-11(10(6-8)12(15)17)16-5-1-2-9(14)7-16/h3-4,6,9H,1-2,5,7,14H2,(H2,15,17). The lowest BCUT2D eigenvalue weighted by Crippen LogP contribution is -2.43. The van der Waals surface area contributed by atoms with Crippen molar-refractivity contribution in [3.05, 3.63) is 28.8 Å². The van der Waals surface area contributed by atoms with Crippen LogP contribution in [0.2, 0.25) is 5.02 Å². The van der Waals surface area contributed by atoms with Crippen LogP contribution in [-0.4, -0.2) is 25.0 Å². The maximum Gasteiger partial charge on any atom is 0.250 e. The predicted octanol–water partition coefficient (Wildman–Crippen LogP) is 1.37. The van der Waals surface area contributed by atoms with Gasteiger partial charge in [0.2, 0.25) is 0 Å².